The molecule has 2 fully saturated rings. The minimum absolute atomic E-state index is 0.180. The number of fused-ring (bicyclic) bond motifs is 2. The van der Waals surface area contributed by atoms with Gasteiger partial charge in [-0.25, -0.2) is 0 Å². The fourth-order valence-corrected chi connectivity index (χ4v) is 2.48. The van der Waals surface area contributed by atoms with Crippen LogP contribution in [0.5, 0.6) is 0 Å². The van der Waals surface area contributed by atoms with Gasteiger partial charge in [0.25, 0.3) is 0 Å². The summed E-state index contributed by atoms with van der Waals surface area (Å²) in [7, 11) is 0. The predicted molar refractivity (Wildman–Crippen MR) is 43.0 cm³/mol. The number of carbonyl (C=O) groups is 1. The molecule has 3 atom stereocenters. The van der Waals surface area contributed by atoms with E-state index in [-0.39, 0.29) is 12.0 Å². The van der Waals surface area contributed by atoms with Gasteiger partial charge in [-0.15, -0.1) is 0 Å². The Bertz CT molecular complexity index is 178. The fraction of sp³-hybridized carbons (Fsp3) is 0.889. The highest BCUT2D eigenvalue weighted by molar-refractivity contribution is 5.85. The van der Waals surface area contributed by atoms with Gasteiger partial charge in [-0.1, -0.05) is 6.42 Å². The molecule has 2 bridgehead atoms. The van der Waals surface area contributed by atoms with E-state index in [0.29, 0.717) is 11.7 Å². The van der Waals surface area contributed by atoms with E-state index in [1.807, 2.05) is 0 Å². The average Bonchev–Trinajstić information content (AvgIpc) is 1.98. The Balaban J connectivity index is 2.16. The third-order valence-electron chi connectivity index (χ3n) is 3.20. The monoisotopic (exact) mass is 153 g/mol. The van der Waals surface area contributed by atoms with Gasteiger partial charge < -0.3 is 5.73 Å². The molecule has 2 rings (SSSR count). The number of rotatable bonds is 0. The first-order valence-corrected chi connectivity index (χ1v) is 4.58. The molecule has 0 aromatic carbocycles. The van der Waals surface area contributed by atoms with Gasteiger partial charge in [0.15, 0.2) is 0 Å². The lowest BCUT2D eigenvalue weighted by atomic mass is 9.69. The lowest BCUT2D eigenvalue weighted by Gasteiger charge is -2.36. The van der Waals surface area contributed by atoms with E-state index in [0.717, 1.165) is 25.7 Å². The summed E-state index contributed by atoms with van der Waals surface area (Å²) in [5.74, 6) is 1.08. The van der Waals surface area contributed by atoms with E-state index in [9.17, 15) is 4.79 Å². The first-order valence-electron chi connectivity index (χ1n) is 4.58. The highest BCUT2D eigenvalue weighted by atomic mass is 16.1. The van der Waals surface area contributed by atoms with Crippen LogP contribution in [0.3, 0.4) is 0 Å². The standard InChI is InChI=1S/C9H15NO/c10-8-5-4-6-2-1-3-7(8)9(6)11/h6-8H,1-5,10H2/t6-,7+,8+/m0/s1. The van der Waals surface area contributed by atoms with Crippen LogP contribution in [0.4, 0.5) is 0 Å². The van der Waals surface area contributed by atoms with Gasteiger partial charge in [0.1, 0.15) is 5.78 Å². The van der Waals surface area contributed by atoms with Gasteiger partial charge in [-0.05, 0) is 25.7 Å². The van der Waals surface area contributed by atoms with E-state index in [2.05, 4.69) is 0 Å². The van der Waals surface area contributed by atoms with Crippen LogP contribution >= 0.6 is 0 Å². The van der Waals surface area contributed by atoms with Crippen molar-refractivity contribution in [3.8, 4) is 0 Å². The Labute approximate surface area is 67.1 Å². The Morgan fingerprint density at radius 1 is 1.18 bits per heavy atom. The zero-order chi connectivity index (χ0) is 7.84. The molecule has 0 heterocycles. The van der Waals surface area contributed by atoms with Crippen molar-refractivity contribution in [1.29, 1.82) is 0 Å². The molecule has 2 aliphatic carbocycles. The van der Waals surface area contributed by atoms with Gasteiger partial charge in [-0.2, -0.15) is 0 Å². The van der Waals surface area contributed by atoms with Crippen molar-refractivity contribution in [2.45, 2.75) is 38.1 Å². The highest BCUT2D eigenvalue weighted by Gasteiger charge is 2.38. The molecule has 0 aromatic heterocycles. The van der Waals surface area contributed by atoms with Crippen molar-refractivity contribution in [3.05, 3.63) is 0 Å². The second kappa shape index (κ2) is 2.59. The summed E-state index contributed by atoms with van der Waals surface area (Å²) in [5.41, 5.74) is 5.86. The summed E-state index contributed by atoms with van der Waals surface area (Å²) in [6.45, 7) is 0. The zero-order valence-corrected chi connectivity index (χ0v) is 6.75. The van der Waals surface area contributed by atoms with Crippen molar-refractivity contribution in [1.82, 2.24) is 0 Å². The van der Waals surface area contributed by atoms with Gasteiger partial charge in [0, 0.05) is 17.9 Å². The SMILES string of the molecule is N[C@@H]1CC[C@@H]2CCC[C@H]1C2=O. The highest BCUT2D eigenvalue weighted by Crippen LogP contribution is 2.36. The molecule has 2 saturated carbocycles. The maximum atomic E-state index is 11.5. The Morgan fingerprint density at radius 3 is 2.73 bits per heavy atom. The maximum absolute atomic E-state index is 11.5. The minimum Gasteiger partial charge on any atom is -0.327 e. The first kappa shape index (κ1) is 7.29. The Hall–Kier alpha value is -0.370. The molecule has 0 radical (unpaired) electrons. The molecule has 2 nitrogen and oxygen atoms in total. The van der Waals surface area contributed by atoms with Crippen LogP contribution in [0.2, 0.25) is 0 Å². The van der Waals surface area contributed by atoms with Crippen LogP contribution in [0.1, 0.15) is 32.1 Å². The van der Waals surface area contributed by atoms with Crippen molar-refractivity contribution in [2.24, 2.45) is 17.6 Å². The van der Waals surface area contributed by atoms with Crippen LogP contribution in [0, 0.1) is 11.8 Å². The van der Waals surface area contributed by atoms with Crippen LogP contribution in [0.25, 0.3) is 0 Å². The van der Waals surface area contributed by atoms with Gasteiger partial charge in [0.2, 0.25) is 0 Å². The Kier molecular flexibility index (Phi) is 1.72. The largest absolute Gasteiger partial charge is 0.327 e. The molecule has 2 N–H and O–H groups in total. The number of hydrogen-bond donors (Lipinski definition) is 1. The lowest BCUT2D eigenvalue weighted by Crippen LogP contribution is -2.45. The molecule has 0 unspecified atom stereocenters. The molecule has 2 heteroatoms. The zero-order valence-electron chi connectivity index (χ0n) is 6.75. The number of hydrogen-bond acceptors (Lipinski definition) is 2. The molecule has 62 valence electrons. The minimum atomic E-state index is 0.180. The quantitative estimate of drug-likeness (QED) is 0.566. The van der Waals surface area contributed by atoms with Crippen molar-refractivity contribution >= 4 is 5.78 Å². The smallest absolute Gasteiger partial charge is 0.140 e. The van der Waals surface area contributed by atoms with Crippen LogP contribution in [-0.2, 0) is 4.79 Å². The van der Waals surface area contributed by atoms with E-state index < -0.39 is 0 Å². The third-order valence-corrected chi connectivity index (χ3v) is 3.20. The number of ketones is 1. The summed E-state index contributed by atoms with van der Waals surface area (Å²) in [4.78, 5) is 11.5. The van der Waals surface area contributed by atoms with Crippen LogP contribution < -0.4 is 5.73 Å². The summed E-state index contributed by atoms with van der Waals surface area (Å²) in [5, 5.41) is 0. The van der Waals surface area contributed by atoms with E-state index in [1.54, 1.807) is 0 Å². The molecule has 0 amide bonds. The molecular weight excluding hydrogens is 138 g/mol. The normalized spacial score (nSPS) is 44.1. The fourth-order valence-electron chi connectivity index (χ4n) is 2.48. The molecule has 0 aromatic rings. The van der Waals surface area contributed by atoms with E-state index >= 15 is 0 Å². The van der Waals surface area contributed by atoms with Crippen LogP contribution in [0.15, 0.2) is 0 Å². The molecule has 2 aliphatic rings. The topological polar surface area (TPSA) is 43.1 Å². The molecular formula is C9H15NO. The number of Topliss-reactive ketones (excluding diaryl/α,β-unsaturated/α-hetero) is 1. The molecule has 0 aliphatic heterocycles. The maximum Gasteiger partial charge on any atom is 0.140 e. The van der Waals surface area contributed by atoms with Crippen LogP contribution in [-0.4, -0.2) is 11.8 Å². The summed E-state index contributed by atoms with van der Waals surface area (Å²) >= 11 is 0. The number of carbonyl (C=O) groups excluding carboxylic acids is 1. The molecule has 11 heavy (non-hydrogen) atoms. The molecule has 0 saturated heterocycles. The van der Waals surface area contributed by atoms with Crippen molar-refractivity contribution in [3.63, 3.8) is 0 Å². The third kappa shape index (κ3) is 1.09. The van der Waals surface area contributed by atoms with E-state index in [1.165, 1.54) is 6.42 Å². The molecule has 0 spiro atoms. The second-order valence-electron chi connectivity index (χ2n) is 3.88. The van der Waals surface area contributed by atoms with Gasteiger partial charge in [-0.3, -0.25) is 4.79 Å². The van der Waals surface area contributed by atoms with E-state index in [4.69, 9.17) is 5.73 Å². The summed E-state index contributed by atoms with van der Waals surface area (Å²) in [6.07, 6.45) is 5.52. The first-order chi connectivity index (χ1) is 5.29. The average molecular weight is 153 g/mol. The second-order valence-corrected chi connectivity index (χ2v) is 3.88. The number of nitrogens with two attached hydrogens (primary N) is 1. The van der Waals surface area contributed by atoms with Crippen molar-refractivity contribution < 1.29 is 4.79 Å². The Morgan fingerprint density at radius 2 is 2.00 bits per heavy atom. The summed E-state index contributed by atoms with van der Waals surface area (Å²) in [6, 6.07) is 0.180. The lowest BCUT2D eigenvalue weighted by molar-refractivity contribution is -0.132. The van der Waals surface area contributed by atoms with Gasteiger partial charge >= 0.3 is 0 Å². The van der Waals surface area contributed by atoms with Crippen molar-refractivity contribution in [2.75, 3.05) is 0 Å². The van der Waals surface area contributed by atoms with Gasteiger partial charge in [0.05, 0.1) is 0 Å². The summed E-state index contributed by atoms with van der Waals surface area (Å²) < 4.78 is 0. The predicted octanol–water partition coefficient (Wildman–Crippen LogP) is 1.09.